The van der Waals surface area contributed by atoms with Gasteiger partial charge in [-0.25, -0.2) is 0 Å². The number of rotatable bonds is 6. The first-order valence-electron chi connectivity index (χ1n) is 5.78. The van der Waals surface area contributed by atoms with E-state index in [2.05, 4.69) is 21.2 Å². The van der Waals surface area contributed by atoms with Gasteiger partial charge in [-0.15, -0.1) is 0 Å². The molecule has 94 valence electrons. The van der Waals surface area contributed by atoms with Crippen LogP contribution in [0.1, 0.15) is 19.4 Å². The van der Waals surface area contributed by atoms with Crippen molar-refractivity contribution >= 4 is 21.8 Å². The van der Waals surface area contributed by atoms with Crippen LogP contribution in [0.3, 0.4) is 0 Å². The predicted octanol–water partition coefficient (Wildman–Crippen LogP) is 2.53. The number of carbonyl (C=O) groups excluding carboxylic acids is 1. The van der Waals surface area contributed by atoms with Crippen LogP contribution in [0.2, 0.25) is 0 Å². The van der Waals surface area contributed by atoms with Gasteiger partial charge in [0.05, 0.1) is 0 Å². The molecule has 1 atom stereocenters. The molecule has 0 radical (unpaired) electrons. The first-order chi connectivity index (χ1) is 8.15. The van der Waals surface area contributed by atoms with E-state index in [-0.39, 0.29) is 12.0 Å². The monoisotopic (exact) mass is 299 g/mol. The molecule has 1 rings (SSSR count). The second kappa shape index (κ2) is 7.45. The lowest BCUT2D eigenvalue weighted by Crippen LogP contribution is -2.35. The molecule has 1 aromatic rings. The first kappa shape index (κ1) is 14.2. The molecule has 0 spiro atoms. The molecule has 0 bridgehead atoms. The van der Waals surface area contributed by atoms with Crippen molar-refractivity contribution in [3.8, 4) is 0 Å². The average Bonchev–Trinajstić information content (AvgIpc) is 2.31. The summed E-state index contributed by atoms with van der Waals surface area (Å²) in [6, 6.07) is 8.01. The topological polar surface area (TPSA) is 38.3 Å². The van der Waals surface area contributed by atoms with Crippen LogP contribution >= 0.6 is 15.9 Å². The van der Waals surface area contributed by atoms with Crippen molar-refractivity contribution in [2.45, 2.75) is 26.4 Å². The Morgan fingerprint density at radius 2 is 2.18 bits per heavy atom. The summed E-state index contributed by atoms with van der Waals surface area (Å²) < 4.78 is 6.28. The molecule has 0 aliphatic rings. The second-order valence-electron chi connectivity index (χ2n) is 3.73. The molecule has 0 aromatic heterocycles. The molecule has 0 saturated heterocycles. The van der Waals surface area contributed by atoms with Crippen molar-refractivity contribution in [1.29, 1.82) is 0 Å². The molecular formula is C13H18BrNO2. The standard InChI is InChI=1S/C13H18BrNO2/c1-3-17-10(2)13(16)15-9-8-11-6-4-5-7-12(11)14/h4-7,10H,3,8-9H2,1-2H3,(H,15,16)/t10-/m1/s1. The highest BCUT2D eigenvalue weighted by molar-refractivity contribution is 9.10. The van der Waals surface area contributed by atoms with E-state index in [9.17, 15) is 4.79 Å². The molecule has 0 aliphatic carbocycles. The average molecular weight is 300 g/mol. The minimum Gasteiger partial charge on any atom is -0.369 e. The molecule has 0 saturated carbocycles. The minimum atomic E-state index is -0.376. The highest BCUT2D eigenvalue weighted by atomic mass is 79.9. The van der Waals surface area contributed by atoms with Crippen molar-refractivity contribution in [1.82, 2.24) is 5.32 Å². The van der Waals surface area contributed by atoms with Crippen LogP contribution in [0.25, 0.3) is 0 Å². The fourth-order valence-electron chi connectivity index (χ4n) is 1.49. The van der Waals surface area contributed by atoms with Gasteiger partial charge < -0.3 is 10.1 Å². The Balaban J connectivity index is 2.33. The number of ether oxygens (including phenoxy) is 1. The lowest BCUT2D eigenvalue weighted by Gasteiger charge is -2.12. The third kappa shape index (κ3) is 4.88. The fraction of sp³-hybridized carbons (Fsp3) is 0.462. The Morgan fingerprint density at radius 3 is 2.82 bits per heavy atom. The van der Waals surface area contributed by atoms with Crippen LogP contribution in [-0.4, -0.2) is 25.2 Å². The minimum absolute atomic E-state index is 0.0566. The van der Waals surface area contributed by atoms with Gasteiger partial charge in [-0.05, 0) is 31.9 Å². The van der Waals surface area contributed by atoms with Crippen molar-refractivity contribution in [2.24, 2.45) is 0 Å². The zero-order valence-electron chi connectivity index (χ0n) is 10.2. The number of benzene rings is 1. The van der Waals surface area contributed by atoms with E-state index in [0.717, 1.165) is 10.9 Å². The van der Waals surface area contributed by atoms with E-state index in [1.165, 1.54) is 5.56 Å². The van der Waals surface area contributed by atoms with Gasteiger partial charge in [-0.1, -0.05) is 34.1 Å². The highest BCUT2D eigenvalue weighted by Crippen LogP contribution is 2.15. The molecule has 1 amide bonds. The third-order valence-corrected chi connectivity index (χ3v) is 3.21. The first-order valence-corrected chi connectivity index (χ1v) is 6.57. The van der Waals surface area contributed by atoms with E-state index in [1.807, 2.05) is 31.2 Å². The maximum atomic E-state index is 11.6. The molecule has 17 heavy (non-hydrogen) atoms. The van der Waals surface area contributed by atoms with Crippen LogP contribution in [0.5, 0.6) is 0 Å². The Morgan fingerprint density at radius 1 is 1.47 bits per heavy atom. The second-order valence-corrected chi connectivity index (χ2v) is 4.58. The van der Waals surface area contributed by atoms with Crippen molar-refractivity contribution in [3.05, 3.63) is 34.3 Å². The van der Waals surface area contributed by atoms with Crippen LogP contribution in [-0.2, 0) is 16.0 Å². The van der Waals surface area contributed by atoms with Crippen molar-refractivity contribution in [3.63, 3.8) is 0 Å². The van der Waals surface area contributed by atoms with E-state index in [4.69, 9.17) is 4.74 Å². The SMILES string of the molecule is CCO[C@H](C)C(=O)NCCc1ccccc1Br. The Bertz CT molecular complexity index is 368. The van der Waals surface area contributed by atoms with Gasteiger partial charge >= 0.3 is 0 Å². The lowest BCUT2D eigenvalue weighted by molar-refractivity contribution is -0.131. The normalized spacial score (nSPS) is 12.2. The molecule has 0 aliphatic heterocycles. The van der Waals surface area contributed by atoms with E-state index in [0.29, 0.717) is 13.2 Å². The maximum Gasteiger partial charge on any atom is 0.248 e. The number of hydrogen-bond acceptors (Lipinski definition) is 2. The molecule has 1 aromatic carbocycles. The van der Waals surface area contributed by atoms with E-state index in [1.54, 1.807) is 6.92 Å². The zero-order valence-corrected chi connectivity index (χ0v) is 11.8. The largest absolute Gasteiger partial charge is 0.369 e. The number of amides is 1. The van der Waals surface area contributed by atoms with Gasteiger partial charge in [0.1, 0.15) is 6.10 Å². The number of halogens is 1. The Kier molecular flexibility index (Phi) is 6.22. The van der Waals surface area contributed by atoms with Crippen molar-refractivity contribution < 1.29 is 9.53 Å². The summed E-state index contributed by atoms with van der Waals surface area (Å²) in [6.45, 7) is 4.82. The van der Waals surface area contributed by atoms with Gasteiger partial charge in [-0.3, -0.25) is 4.79 Å². The van der Waals surface area contributed by atoms with Crippen LogP contribution in [0.15, 0.2) is 28.7 Å². The summed E-state index contributed by atoms with van der Waals surface area (Å²) in [6.07, 6.45) is 0.436. The van der Waals surface area contributed by atoms with Crippen LogP contribution < -0.4 is 5.32 Å². The van der Waals surface area contributed by atoms with Gasteiger partial charge in [-0.2, -0.15) is 0 Å². The Hall–Kier alpha value is -0.870. The van der Waals surface area contributed by atoms with Crippen LogP contribution in [0, 0.1) is 0 Å². The van der Waals surface area contributed by atoms with Crippen LogP contribution in [0.4, 0.5) is 0 Å². The lowest BCUT2D eigenvalue weighted by atomic mass is 10.1. The third-order valence-electron chi connectivity index (χ3n) is 2.44. The number of carbonyl (C=O) groups is 1. The highest BCUT2D eigenvalue weighted by Gasteiger charge is 2.11. The maximum absolute atomic E-state index is 11.6. The van der Waals surface area contributed by atoms with Gasteiger partial charge in [0, 0.05) is 17.6 Å². The fourth-order valence-corrected chi connectivity index (χ4v) is 1.97. The summed E-state index contributed by atoms with van der Waals surface area (Å²) >= 11 is 3.48. The molecule has 4 heteroatoms. The smallest absolute Gasteiger partial charge is 0.248 e. The number of hydrogen-bond donors (Lipinski definition) is 1. The summed E-state index contributed by atoms with van der Waals surface area (Å²) in [7, 11) is 0. The molecular weight excluding hydrogens is 282 g/mol. The summed E-state index contributed by atoms with van der Waals surface area (Å²) in [5.41, 5.74) is 1.19. The quantitative estimate of drug-likeness (QED) is 0.877. The molecule has 0 heterocycles. The summed E-state index contributed by atoms with van der Waals surface area (Å²) in [5.74, 6) is -0.0566. The summed E-state index contributed by atoms with van der Waals surface area (Å²) in [5, 5.41) is 2.86. The Labute approximate surface area is 111 Å². The van der Waals surface area contributed by atoms with Gasteiger partial charge in [0.25, 0.3) is 0 Å². The zero-order chi connectivity index (χ0) is 12.7. The van der Waals surface area contributed by atoms with Crippen molar-refractivity contribution in [2.75, 3.05) is 13.2 Å². The van der Waals surface area contributed by atoms with Gasteiger partial charge in [0.2, 0.25) is 5.91 Å². The molecule has 1 N–H and O–H groups in total. The molecule has 3 nitrogen and oxygen atoms in total. The van der Waals surface area contributed by atoms with E-state index >= 15 is 0 Å². The molecule has 0 fully saturated rings. The predicted molar refractivity (Wildman–Crippen MR) is 71.9 cm³/mol. The van der Waals surface area contributed by atoms with Gasteiger partial charge in [0.15, 0.2) is 0 Å². The summed E-state index contributed by atoms with van der Waals surface area (Å²) in [4.78, 5) is 11.6. The van der Waals surface area contributed by atoms with E-state index < -0.39 is 0 Å². The number of nitrogens with one attached hydrogen (secondary N) is 1. The molecule has 0 unspecified atom stereocenters.